The van der Waals surface area contributed by atoms with Crippen molar-refractivity contribution in [1.82, 2.24) is 20.0 Å². The number of aromatic amines is 1. The van der Waals surface area contributed by atoms with Crippen LogP contribution in [0.15, 0.2) is 35.3 Å². The Morgan fingerprint density at radius 3 is 2.70 bits per heavy atom. The first kappa shape index (κ1) is 12.4. The van der Waals surface area contributed by atoms with Crippen LogP contribution in [0, 0.1) is 6.92 Å². The highest BCUT2D eigenvalue weighted by Crippen LogP contribution is 2.17. The Balaban J connectivity index is 2.08. The van der Waals surface area contributed by atoms with E-state index in [4.69, 9.17) is 4.74 Å². The standard InChI is InChI=1S/C14H14N4O2/c1-3-20-11-6-4-10(5-7-11)18-8-12-9(2)15-16-14(19)13(12)17-18/h4-8H,3H2,1-2H3,(H,16,19). The van der Waals surface area contributed by atoms with Crippen molar-refractivity contribution in [3.63, 3.8) is 0 Å². The summed E-state index contributed by atoms with van der Waals surface area (Å²) in [6.07, 6.45) is 1.81. The zero-order valence-corrected chi connectivity index (χ0v) is 11.3. The molecule has 20 heavy (non-hydrogen) atoms. The third kappa shape index (κ3) is 2.05. The van der Waals surface area contributed by atoms with Crippen LogP contribution >= 0.6 is 0 Å². The normalized spacial score (nSPS) is 10.9. The SMILES string of the molecule is CCOc1ccc(-n2cc3c(C)n[nH]c(=O)c3n2)cc1. The molecule has 1 aromatic carbocycles. The molecule has 3 rings (SSSR count). The highest BCUT2D eigenvalue weighted by Gasteiger charge is 2.09. The first-order chi connectivity index (χ1) is 9.69. The maximum absolute atomic E-state index is 11.7. The average molecular weight is 270 g/mol. The predicted molar refractivity (Wildman–Crippen MR) is 75.4 cm³/mol. The van der Waals surface area contributed by atoms with Crippen LogP contribution in [0.2, 0.25) is 0 Å². The Labute approximate surface area is 115 Å². The fourth-order valence-corrected chi connectivity index (χ4v) is 2.05. The van der Waals surface area contributed by atoms with Gasteiger partial charge in [0.2, 0.25) is 0 Å². The van der Waals surface area contributed by atoms with Gasteiger partial charge in [0.1, 0.15) is 5.75 Å². The highest BCUT2D eigenvalue weighted by atomic mass is 16.5. The number of benzene rings is 1. The number of ether oxygens (including phenoxy) is 1. The molecule has 0 aliphatic heterocycles. The largest absolute Gasteiger partial charge is 0.494 e. The van der Waals surface area contributed by atoms with Crippen molar-refractivity contribution in [2.24, 2.45) is 0 Å². The first-order valence-corrected chi connectivity index (χ1v) is 6.37. The van der Waals surface area contributed by atoms with Gasteiger partial charge in [-0.1, -0.05) is 0 Å². The van der Waals surface area contributed by atoms with Crippen molar-refractivity contribution in [2.75, 3.05) is 6.61 Å². The zero-order valence-electron chi connectivity index (χ0n) is 11.3. The molecule has 0 saturated heterocycles. The van der Waals surface area contributed by atoms with E-state index in [0.717, 1.165) is 22.5 Å². The summed E-state index contributed by atoms with van der Waals surface area (Å²) < 4.78 is 7.07. The number of hydrogen-bond acceptors (Lipinski definition) is 4. The van der Waals surface area contributed by atoms with Crippen LogP contribution in [0.4, 0.5) is 0 Å². The summed E-state index contributed by atoms with van der Waals surface area (Å²) in [5.74, 6) is 0.809. The number of hydrogen-bond donors (Lipinski definition) is 1. The van der Waals surface area contributed by atoms with Crippen molar-refractivity contribution < 1.29 is 4.74 Å². The Morgan fingerprint density at radius 1 is 1.30 bits per heavy atom. The lowest BCUT2D eigenvalue weighted by Crippen LogP contribution is -2.09. The Kier molecular flexibility index (Phi) is 2.98. The molecule has 0 unspecified atom stereocenters. The Bertz CT molecular complexity index is 802. The second-order valence-electron chi connectivity index (χ2n) is 4.40. The highest BCUT2D eigenvalue weighted by molar-refractivity contribution is 5.79. The zero-order chi connectivity index (χ0) is 14.1. The van der Waals surface area contributed by atoms with Gasteiger partial charge < -0.3 is 4.74 Å². The van der Waals surface area contributed by atoms with Gasteiger partial charge in [0.25, 0.3) is 5.56 Å². The number of nitrogens with zero attached hydrogens (tertiary/aromatic N) is 3. The Hall–Kier alpha value is -2.63. The molecular weight excluding hydrogens is 256 g/mol. The van der Waals surface area contributed by atoms with Gasteiger partial charge >= 0.3 is 0 Å². The summed E-state index contributed by atoms with van der Waals surface area (Å²) in [7, 11) is 0. The van der Waals surface area contributed by atoms with E-state index in [0.29, 0.717) is 12.1 Å². The van der Waals surface area contributed by atoms with Crippen LogP contribution in [0.25, 0.3) is 16.6 Å². The lowest BCUT2D eigenvalue weighted by atomic mass is 10.3. The van der Waals surface area contributed by atoms with Gasteiger partial charge in [-0.2, -0.15) is 10.2 Å². The molecule has 0 amide bonds. The first-order valence-electron chi connectivity index (χ1n) is 6.37. The number of aromatic nitrogens is 4. The van der Waals surface area contributed by atoms with Crippen molar-refractivity contribution >= 4 is 10.9 Å². The minimum atomic E-state index is -0.282. The lowest BCUT2D eigenvalue weighted by Gasteiger charge is -2.04. The molecule has 6 heteroatoms. The molecule has 0 aliphatic rings. The van der Waals surface area contributed by atoms with E-state index in [2.05, 4.69) is 15.3 Å². The van der Waals surface area contributed by atoms with E-state index in [9.17, 15) is 4.79 Å². The summed E-state index contributed by atoms with van der Waals surface area (Å²) >= 11 is 0. The number of aryl methyl sites for hydroxylation is 1. The quantitative estimate of drug-likeness (QED) is 0.787. The second kappa shape index (κ2) is 4.80. The number of fused-ring (bicyclic) bond motifs is 1. The van der Waals surface area contributed by atoms with Gasteiger partial charge in [-0.15, -0.1) is 0 Å². The number of rotatable bonds is 3. The monoisotopic (exact) mass is 270 g/mol. The summed E-state index contributed by atoms with van der Waals surface area (Å²) in [5.41, 5.74) is 1.72. The van der Waals surface area contributed by atoms with Gasteiger partial charge in [-0.05, 0) is 38.1 Å². The van der Waals surface area contributed by atoms with E-state index in [1.54, 1.807) is 4.68 Å². The van der Waals surface area contributed by atoms with E-state index < -0.39 is 0 Å². The average Bonchev–Trinajstić information content (AvgIpc) is 2.91. The van der Waals surface area contributed by atoms with Gasteiger partial charge in [0, 0.05) is 11.6 Å². The molecule has 6 nitrogen and oxygen atoms in total. The molecule has 1 N–H and O–H groups in total. The Morgan fingerprint density at radius 2 is 2.05 bits per heavy atom. The smallest absolute Gasteiger partial charge is 0.292 e. The number of H-pyrrole nitrogens is 1. The minimum absolute atomic E-state index is 0.282. The lowest BCUT2D eigenvalue weighted by molar-refractivity contribution is 0.340. The molecule has 102 valence electrons. The van der Waals surface area contributed by atoms with Crippen molar-refractivity contribution in [3.8, 4) is 11.4 Å². The fraction of sp³-hybridized carbons (Fsp3) is 0.214. The predicted octanol–water partition coefficient (Wildman–Crippen LogP) is 1.82. The van der Waals surface area contributed by atoms with Gasteiger partial charge in [-0.3, -0.25) is 4.79 Å². The van der Waals surface area contributed by atoms with Crippen LogP contribution in [0.5, 0.6) is 5.75 Å². The minimum Gasteiger partial charge on any atom is -0.494 e. The summed E-state index contributed by atoms with van der Waals surface area (Å²) in [4.78, 5) is 11.7. The topological polar surface area (TPSA) is 72.8 Å². The molecule has 0 aliphatic carbocycles. The van der Waals surface area contributed by atoms with E-state index in [1.165, 1.54) is 0 Å². The summed E-state index contributed by atoms with van der Waals surface area (Å²) in [6, 6.07) is 7.54. The van der Waals surface area contributed by atoms with Crippen molar-refractivity contribution in [3.05, 3.63) is 46.5 Å². The molecule has 0 bridgehead atoms. The van der Waals surface area contributed by atoms with Crippen molar-refractivity contribution in [1.29, 1.82) is 0 Å². The van der Waals surface area contributed by atoms with Crippen LogP contribution in [-0.4, -0.2) is 26.6 Å². The molecule has 0 saturated carbocycles. The maximum atomic E-state index is 11.7. The number of nitrogens with one attached hydrogen (secondary N) is 1. The molecule has 0 fully saturated rings. The van der Waals surface area contributed by atoms with Crippen LogP contribution in [0.1, 0.15) is 12.6 Å². The van der Waals surface area contributed by atoms with E-state index in [-0.39, 0.29) is 5.56 Å². The van der Waals surface area contributed by atoms with Crippen LogP contribution < -0.4 is 10.3 Å². The van der Waals surface area contributed by atoms with Crippen molar-refractivity contribution in [2.45, 2.75) is 13.8 Å². The van der Waals surface area contributed by atoms with E-state index in [1.807, 2.05) is 44.3 Å². The fourth-order valence-electron chi connectivity index (χ4n) is 2.05. The summed E-state index contributed by atoms with van der Waals surface area (Å²) in [6.45, 7) is 4.41. The molecule has 0 atom stereocenters. The van der Waals surface area contributed by atoms with Gasteiger partial charge in [0.15, 0.2) is 5.52 Å². The molecular formula is C14H14N4O2. The summed E-state index contributed by atoms with van der Waals surface area (Å²) in [5, 5.41) is 11.4. The molecule has 0 radical (unpaired) electrons. The van der Waals surface area contributed by atoms with E-state index >= 15 is 0 Å². The van der Waals surface area contributed by atoms with Crippen LogP contribution in [0.3, 0.4) is 0 Å². The molecule has 2 heterocycles. The molecule has 2 aromatic heterocycles. The van der Waals surface area contributed by atoms with Crippen LogP contribution in [-0.2, 0) is 0 Å². The maximum Gasteiger partial charge on any atom is 0.292 e. The third-order valence-electron chi connectivity index (χ3n) is 3.06. The third-order valence-corrected chi connectivity index (χ3v) is 3.06. The molecule has 3 aromatic rings. The van der Waals surface area contributed by atoms with Gasteiger partial charge in [0.05, 0.1) is 18.0 Å². The van der Waals surface area contributed by atoms with Gasteiger partial charge in [-0.25, -0.2) is 9.78 Å². The second-order valence-corrected chi connectivity index (χ2v) is 4.40. The molecule has 0 spiro atoms.